The number of phenols is 1. The van der Waals surface area contributed by atoms with Crippen molar-refractivity contribution in [3.05, 3.63) is 21.3 Å². The fourth-order valence-corrected chi connectivity index (χ4v) is 1.39. The minimum atomic E-state index is 0.0486. The van der Waals surface area contributed by atoms with Crippen LogP contribution in [0.2, 0.25) is 0 Å². The molecule has 0 aliphatic rings. The molecule has 0 bridgehead atoms. The molecule has 0 spiro atoms. The summed E-state index contributed by atoms with van der Waals surface area (Å²) in [6.07, 6.45) is 0.726. The number of methoxy groups -OCH3 is 1. The van der Waals surface area contributed by atoms with Gasteiger partial charge in [0.2, 0.25) is 0 Å². The Hall–Kier alpha value is -0.780. The molecule has 1 aromatic carbocycles. The van der Waals surface area contributed by atoms with Crippen LogP contribution in [0.5, 0.6) is 11.5 Å². The van der Waals surface area contributed by atoms with E-state index in [0.29, 0.717) is 14.9 Å². The summed E-state index contributed by atoms with van der Waals surface area (Å²) in [4.78, 5) is 10.5. The highest BCUT2D eigenvalue weighted by molar-refractivity contribution is 14.1. The molecule has 0 saturated carbocycles. The summed E-state index contributed by atoms with van der Waals surface area (Å²) >= 11 is 1.97. The van der Waals surface area contributed by atoms with Gasteiger partial charge in [0.15, 0.2) is 17.8 Å². The summed E-state index contributed by atoms with van der Waals surface area (Å²) in [6, 6.07) is 2.99. The number of aldehydes is 1. The van der Waals surface area contributed by atoms with Crippen LogP contribution in [0.4, 0.5) is 0 Å². The van der Waals surface area contributed by atoms with E-state index in [1.807, 2.05) is 22.6 Å². The predicted octanol–water partition coefficient (Wildman–Crippen LogP) is 1.82. The zero-order valence-corrected chi connectivity index (χ0v) is 8.53. The van der Waals surface area contributed by atoms with Gasteiger partial charge >= 0.3 is 0 Å². The molecule has 0 unspecified atom stereocenters. The normalized spacial score (nSPS) is 9.50. The number of benzene rings is 1. The quantitative estimate of drug-likeness (QED) is 0.663. The lowest BCUT2D eigenvalue weighted by Gasteiger charge is -2.04. The average molecular weight is 278 g/mol. The Labute approximate surface area is 83.5 Å². The molecular formula is C8H7IO3. The Balaban J connectivity index is 3.26. The van der Waals surface area contributed by atoms with Crippen LogP contribution in [-0.4, -0.2) is 18.5 Å². The van der Waals surface area contributed by atoms with E-state index >= 15 is 0 Å². The number of halogens is 1. The number of carbonyl (C=O) groups is 1. The van der Waals surface area contributed by atoms with Crippen molar-refractivity contribution in [3.63, 3.8) is 0 Å². The molecule has 12 heavy (non-hydrogen) atoms. The van der Waals surface area contributed by atoms with Crippen molar-refractivity contribution in [2.24, 2.45) is 0 Å². The molecule has 3 nitrogen and oxygen atoms in total. The maximum Gasteiger partial charge on any atom is 0.161 e. The van der Waals surface area contributed by atoms with Crippen molar-refractivity contribution >= 4 is 28.9 Å². The first-order valence-corrected chi connectivity index (χ1v) is 4.28. The Morgan fingerprint density at radius 2 is 2.25 bits per heavy atom. The molecule has 0 aliphatic carbocycles. The van der Waals surface area contributed by atoms with Crippen LogP contribution in [0.1, 0.15) is 10.4 Å². The molecule has 0 radical (unpaired) electrons. The van der Waals surface area contributed by atoms with Crippen molar-refractivity contribution in [1.82, 2.24) is 0 Å². The molecular weight excluding hydrogens is 271 g/mol. The topological polar surface area (TPSA) is 46.5 Å². The van der Waals surface area contributed by atoms with Gasteiger partial charge in [-0.15, -0.1) is 0 Å². The molecule has 0 amide bonds. The lowest BCUT2D eigenvalue weighted by atomic mass is 10.2. The molecule has 64 valence electrons. The minimum Gasteiger partial charge on any atom is -0.504 e. The predicted molar refractivity (Wildman–Crippen MR) is 52.8 cm³/mol. The molecule has 0 saturated heterocycles. The van der Waals surface area contributed by atoms with Gasteiger partial charge in [-0.1, -0.05) is 0 Å². The number of hydrogen-bond acceptors (Lipinski definition) is 3. The first-order valence-electron chi connectivity index (χ1n) is 3.20. The minimum absolute atomic E-state index is 0.0486. The highest BCUT2D eigenvalue weighted by Crippen LogP contribution is 2.29. The maximum atomic E-state index is 10.5. The monoisotopic (exact) mass is 278 g/mol. The lowest BCUT2D eigenvalue weighted by Crippen LogP contribution is -1.90. The van der Waals surface area contributed by atoms with Gasteiger partial charge in [-0.2, -0.15) is 0 Å². The number of rotatable bonds is 2. The first-order chi connectivity index (χ1) is 5.69. The smallest absolute Gasteiger partial charge is 0.161 e. The van der Waals surface area contributed by atoms with Crippen LogP contribution in [0.15, 0.2) is 12.1 Å². The van der Waals surface area contributed by atoms with Crippen molar-refractivity contribution < 1.29 is 14.6 Å². The van der Waals surface area contributed by atoms with E-state index in [1.54, 1.807) is 0 Å². The number of hydrogen-bond donors (Lipinski definition) is 1. The maximum absolute atomic E-state index is 10.5. The van der Waals surface area contributed by atoms with Crippen LogP contribution < -0.4 is 4.74 Å². The number of ether oxygens (including phenoxy) is 1. The third kappa shape index (κ3) is 1.69. The third-order valence-corrected chi connectivity index (χ3v) is 2.36. The van der Waals surface area contributed by atoms with Gasteiger partial charge in [-0.05, 0) is 34.7 Å². The van der Waals surface area contributed by atoms with Gasteiger partial charge in [0.05, 0.1) is 7.11 Å². The zero-order chi connectivity index (χ0) is 9.14. The van der Waals surface area contributed by atoms with E-state index in [1.165, 1.54) is 19.2 Å². The van der Waals surface area contributed by atoms with Crippen LogP contribution in [-0.2, 0) is 0 Å². The van der Waals surface area contributed by atoms with E-state index < -0.39 is 0 Å². The second kappa shape index (κ2) is 3.75. The van der Waals surface area contributed by atoms with E-state index in [0.717, 1.165) is 6.29 Å². The van der Waals surface area contributed by atoms with E-state index in [9.17, 15) is 9.90 Å². The second-order valence-electron chi connectivity index (χ2n) is 2.16. The summed E-state index contributed by atoms with van der Waals surface area (Å²) in [5.41, 5.74) is 0.519. The molecule has 1 aromatic rings. The van der Waals surface area contributed by atoms with E-state index in [-0.39, 0.29) is 5.75 Å². The van der Waals surface area contributed by atoms with Gasteiger partial charge in [-0.25, -0.2) is 0 Å². The Morgan fingerprint density at radius 3 is 2.75 bits per heavy atom. The highest BCUT2D eigenvalue weighted by Gasteiger charge is 2.06. The average Bonchev–Trinajstić information content (AvgIpc) is 2.05. The fraction of sp³-hybridized carbons (Fsp3) is 0.125. The SMILES string of the molecule is COc1cc(C=O)c(I)cc1O. The first kappa shape index (κ1) is 9.31. The summed E-state index contributed by atoms with van der Waals surface area (Å²) in [6.45, 7) is 0. The zero-order valence-electron chi connectivity index (χ0n) is 6.37. The Bertz CT molecular complexity index is 309. The standard InChI is InChI=1S/C8H7IO3/c1-12-8-2-5(4-10)6(9)3-7(8)11/h2-4,11H,1H3. The molecule has 0 fully saturated rings. The molecule has 1 N–H and O–H groups in total. The van der Waals surface area contributed by atoms with Gasteiger partial charge in [0.1, 0.15) is 0 Å². The van der Waals surface area contributed by atoms with Gasteiger partial charge in [0.25, 0.3) is 0 Å². The number of carbonyl (C=O) groups excluding carboxylic acids is 1. The lowest BCUT2D eigenvalue weighted by molar-refractivity contribution is 0.112. The van der Waals surface area contributed by atoms with Crippen LogP contribution in [0.3, 0.4) is 0 Å². The van der Waals surface area contributed by atoms with Crippen LogP contribution in [0, 0.1) is 3.57 Å². The van der Waals surface area contributed by atoms with Crippen molar-refractivity contribution in [1.29, 1.82) is 0 Å². The van der Waals surface area contributed by atoms with E-state index in [4.69, 9.17) is 4.74 Å². The van der Waals surface area contributed by atoms with Crippen LogP contribution >= 0.6 is 22.6 Å². The second-order valence-corrected chi connectivity index (χ2v) is 3.33. The molecule has 0 aliphatic heterocycles. The third-order valence-electron chi connectivity index (χ3n) is 1.43. The summed E-state index contributed by atoms with van der Waals surface area (Å²) < 4.78 is 5.54. The van der Waals surface area contributed by atoms with E-state index in [2.05, 4.69) is 0 Å². The van der Waals surface area contributed by atoms with Crippen molar-refractivity contribution in [2.45, 2.75) is 0 Å². The molecule has 0 aromatic heterocycles. The Morgan fingerprint density at radius 1 is 1.58 bits per heavy atom. The Kier molecular flexibility index (Phi) is 2.91. The summed E-state index contributed by atoms with van der Waals surface area (Å²) in [5, 5.41) is 9.27. The fourth-order valence-electron chi connectivity index (χ4n) is 0.812. The van der Waals surface area contributed by atoms with Crippen molar-refractivity contribution in [3.8, 4) is 11.5 Å². The van der Waals surface area contributed by atoms with Crippen LogP contribution in [0.25, 0.3) is 0 Å². The van der Waals surface area contributed by atoms with Crippen molar-refractivity contribution in [2.75, 3.05) is 7.11 Å². The van der Waals surface area contributed by atoms with Gasteiger partial charge in [0, 0.05) is 9.13 Å². The molecule has 0 atom stereocenters. The molecule has 0 heterocycles. The largest absolute Gasteiger partial charge is 0.504 e. The molecule has 4 heteroatoms. The number of aromatic hydroxyl groups is 1. The summed E-state index contributed by atoms with van der Waals surface area (Å²) in [5.74, 6) is 0.366. The van der Waals surface area contributed by atoms with Gasteiger partial charge in [-0.3, -0.25) is 4.79 Å². The number of phenolic OH excluding ortho intramolecular Hbond substituents is 1. The molecule has 1 rings (SSSR count). The van der Waals surface area contributed by atoms with Gasteiger partial charge < -0.3 is 9.84 Å². The summed E-state index contributed by atoms with van der Waals surface area (Å²) in [7, 11) is 1.44. The highest BCUT2D eigenvalue weighted by atomic mass is 127.